The van der Waals surface area contributed by atoms with Crippen molar-refractivity contribution < 1.29 is 4.74 Å². The van der Waals surface area contributed by atoms with Crippen LogP contribution in [0.5, 0.6) is 0 Å². The molecular formula is C13H21N3OS. The van der Waals surface area contributed by atoms with E-state index in [1.807, 2.05) is 0 Å². The summed E-state index contributed by atoms with van der Waals surface area (Å²) in [6, 6.07) is 1.34. The van der Waals surface area contributed by atoms with Crippen molar-refractivity contribution in [1.29, 1.82) is 0 Å². The Hall–Kier alpha value is -0.650. The van der Waals surface area contributed by atoms with Crippen LogP contribution in [0.25, 0.3) is 0 Å². The number of hydrogen-bond acceptors (Lipinski definition) is 5. The van der Waals surface area contributed by atoms with Crippen molar-refractivity contribution in [2.75, 3.05) is 32.2 Å². The summed E-state index contributed by atoms with van der Waals surface area (Å²) < 4.78 is 5.23. The molecule has 0 spiro atoms. The second-order valence-corrected chi connectivity index (χ2v) is 6.17. The van der Waals surface area contributed by atoms with E-state index in [1.54, 1.807) is 18.4 Å². The van der Waals surface area contributed by atoms with Crippen molar-refractivity contribution >= 4 is 16.5 Å². The van der Waals surface area contributed by atoms with Crippen LogP contribution in [-0.2, 0) is 11.3 Å². The molecule has 0 bridgehead atoms. The Morgan fingerprint density at radius 3 is 2.94 bits per heavy atom. The maximum atomic E-state index is 5.23. The Labute approximate surface area is 113 Å². The molecule has 4 nitrogen and oxygen atoms in total. The predicted molar refractivity (Wildman–Crippen MR) is 74.2 cm³/mol. The van der Waals surface area contributed by atoms with Gasteiger partial charge in [-0.2, -0.15) is 0 Å². The molecule has 1 aromatic heterocycles. The monoisotopic (exact) mass is 267 g/mol. The number of nitrogens with zero attached hydrogens (tertiary/aromatic N) is 3. The smallest absolute Gasteiger partial charge is 0.185 e. The van der Waals surface area contributed by atoms with Gasteiger partial charge in [-0.3, -0.25) is 4.90 Å². The second-order valence-electron chi connectivity index (χ2n) is 5.33. The molecule has 0 N–H and O–H groups in total. The number of likely N-dealkylation sites (tertiary alicyclic amines) is 1. The van der Waals surface area contributed by atoms with Gasteiger partial charge in [0.05, 0.1) is 12.3 Å². The fourth-order valence-corrected chi connectivity index (χ4v) is 3.29. The van der Waals surface area contributed by atoms with Crippen LogP contribution >= 0.6 is 11.3 Å². The molecule has 1 aromatic rings. The Balaban J connectivity index is 1.56. The van der Waals surface area contributed by atoms with Crippen LogP contribution in [0.15, 0.2) is 5.38 Å². The molecule has 0 amide bonds. The average molecular weight is 267 g/mol. The largest absolute Gasteiger partial charge is 0.383 e. The highest BCUT2D eigenvalue weighted by Crippen LogP contribution is 2.32. The molecule has 1 saturated heterocycles. The molecule has 2 aliphatic rings. The number of thiazole rings is 1. The normalized spacial score (nSPS) is 24.0. The molecule has 0 aromatic carbocycles. The molecular weight excluding hydrogens is 246 g/mol. The summed E-state index contributed by atoms with van der Waals surface area (Å²) in [5.41, 5.74) is 1.21. The Morgan fingerprint density at radius 2 is 2.33 bits per heavy atom. The van der Waals surface area contributed by atoms with Crippen LogP contribution in [0.2, 0.25) is 0 Å². The van der Waals surface area contributed by atoms with E-state index in [0.29, 0.717) is 6.04 Å². The first-order chi connectivity index (χ1) is 8.78. The average Bonchev–Trinajstić information content (AvgIpc) is 3.10. The van der Waals surface area contributed by atoms with Crippen molar-refractivity contribution in [1.82, 2.24) is 9.88 Å². The van der Waals surface area contributed by atoms with Gasteiger partial charge < -0.3 is 9.64 Å². The van der Waals surface area contributed by atoms with Gasteiger partial charge in [0, 0.05) is 44.7 Å². The highest BCUT2D eigenvalue weighted by atomic mass is 32.1. The zero-order valence-corrected chi connectivity index (χ0v) is 11.9. The third-order valence-corrected chi connectivity index (χ3v) is 4.91. The van der Waals surface area contributed by atoms with E-state index in [9.17, 15) is 0 Å². The van der Waals surface area contributed by atoms with E-state index in [2.05, 4.69) is 22.2 Å². The van der Waals surface area contributed by atoms with Crippen molar-refractivity contribution in [2.24, 2.45) is 0 Å². The molecule has 18 heavy (non-hydrogen) atoms. The van der Waals surface area contributed by atoms with Crippen molar-refractivity contribution in [3.63, 3.8) is 0 Å². The lowest BCUT2D eigenvalue weighted by Gasteiger charge is -2.40. The van der Waals surface area contributed by atoms with Crippen LogP contribution in [0.1, 0.15) is 25.0 Å². The lowest BCUT2D eigenvalue weighted by molar-refractivity contribution is 0.0171. The van der Waals surface area contributed by atoms with Crippen LogP contribution in [0.4, 0.5) is 5.13 Å². The number of aromatic nitrogens is 1. The van der Waals surface area contributed by atoms with Crippen molar-refractivity contribution in [3.8, 4) is 0 Å². The van der Waals surface area contributed by atoms with Gasteiger partial charge in [0.1, 0.15) is 0 Å². The first kappa shape index (κ1) is 12.4. The summed E-state index contributed by atoms with van der Waals surface area (Å²) in [6.45, 7) is 3.00. The van der Waals surface area contributed by atoms with E-state index >= 15 is 0 Å². The molecule has 5 heteroatoms. The molecule has 1 unspecified atom stereocenters. The van der Waals surface area contributed by atoms with Gasteiger partial charge in [-0.05, 0) is 19.3 Å². The Bertz CT molecular complexity index is 405. The maximum Gasteiger partial charge on any atom is 0.185 e. The SMILES string of the molecule is COCC1CCN1Cc1csc(N(C)C2CC2)n1. The second kappa shape index (κ2) is 5.15. The molecule has 100 valence electrons. The molecule has 2 fully saturated rings. The van der Waals surface area contributed by atoms with Crippen LogP contribution in [-0.4, -0.2) is 49.3 Å². The predicted octanol–water partition coefficient (Wildman–Crippen LogP) is 1.96. The fourth-order valence-electron chi connectivity index (χ4n) is 2.44. The number of rotatable bonds is 6. The lowest BCUT2D eigenvalue weighted by atomic mass is 10.0. The van der Waals surface area contributed by atoms with E-state index in [4.69, 9.17) is 9.72 Å². The molecule has 1 saturated carbocycles. The third-order valence-electron chi connectivity index (χ3n) is 3.93. The minimum Gasteiger partial charge on any atom is -0.383 e. The standard InChI is InChI=1S/C13H21N3OS/c1-15(11-3-4-11)13-14-10(9-18-13)7-16-6-5-12(16)8-17-2/h9,11-12H,3-8H2,1-2H3. The van der Waals surface area contributed by atoms with E-state index < -0.39 is 0 Å². The lowest BCUT2D eigenvalue weighted by Crippen LogP contribution is -2.49. The number of methoxy groups -OCH3 is 1. The molecule has 2 heterocycles. The molecule has 1 aliphatic heterocycles. The van der Waals surface area contributed by atoms with Crippen LogP contribution < -0.4 is 4.90 Å². The summed E-state index contributed by atoms with van der Waals surface area (Å²) in [6.07, 6.45) is 3.91. The number of anilines is 1. The summed E-state index contributed by atoms with van der Waals surface area (Å²) in [7, 11) is 3.94. The summed E-state index contributed by atoms with van der Waals surface area (Å²) in [5, 5.41) is 3.38. The van der Waals surface area contributed by atoms with E-state index in [-0.39, 0.29) is 0 Å². The van der Waals surface area contributed by atoms with Gasteiger partial charge >= 0.3 is 0 Å². The molecule has 1 atom stereocenters. The van der Waals surface area contributed by atoms with Crippen molar-refractivity contribution in [2.45, 2.75) is 37.9 Å². The quantitative estimate of drug-likeness (QED) is 0.788. The number of hydrogen-bond donors (Lipinski definition) is 0. The van der Waals surface area contributed by atoms with Crippen LogP contribution in [0, 0.1) is 0 Å². The first-order valence-corrected chi connectivity index (χ1v) is 7.56. The minimum atomic E-state index is 0.598. The maximum absolute atomic E-state index is 5.23. The van der Waals surface area contributed by atoms with Crippen molar-refractivity contribution in [3.05, 3.63) is 11.1 Å². The van der Waals surface area contributed by atoms with Gasteiger partial charge in [-0.25, -0.2) is 4.98 Å². The summed E-state index contributed by atoms with van der Waals surface area (Å²) in [4.78, 5) is 9.54. The highest BCUT2D eigenvalue weighted by Gasteiger charge is 2.30. The zero-order valence-electron chi connectivity index (χ0n) is 11.1. The molecule has 1 aliphatic carbocycles. The fraction of sp³-hybridized carbons (Fsp3) is 0.769. The highest BCUT2D eigenvalue weighted by molar-refractivity contribution is 7.13. The number of ether oxygens (including phenoxy) is 1. The van der Waals surface area contributed by atoms with E-state index in [1.165, 1.54) is 36.6 Å². The zero-order chi connectivity index (χ0) is 12.5. The van der Waals surface area contributed by atoms with Gasteiger partial charge in [0.15, 0.2) is 5.13 Å². The van der Waals surface area contributed by atoms with E-state index in [0.717, 1.165) is 19.2 Å². The minimum absolute atomic E-state index is 0.598. The summed E-state index contributed by atoms with van der Waals surface area (Å²) >= 11 is 1.77. The first-order valence-electron chi connectivity index (χ1n) is 6.68. The van der Waals surface area contributed by atoms with Gasteiger partial charge in [0.2, 0.25) is 0 Å². The molecule has 3 rings (SSSR count). The van der Waals surface area contributed by atoms with Gasteiger partial charge in [0.25, 0.3) is 0 Å². The third kappa shape index (κ3) is 2.53. The van der Waals surface area contributed by atoms with Gasteiger partial charge in [-0.1, -0.05) is 0 Å². The molecule has 0 radical (unpaired) electrons. The topological polar surface area (TPSA) is 28.6 Å². The summed E-state index contributed by atoms with van der Waals surface area (Å²) in [5.74, 6) is 0. The van der Waals surface area contributed by atoms with Crippen LogP contribution in [0.3, 0.4) is 0 Å². The van der Waals surface area contributed by atoms with Gasteiger partial charge in [-0.15, -0.1) is 11.3 Å². The Kier molecular flexibility index (Phi) is 3.54. The Morgan fingerprint density at radius 1 is 1.50 bits per heavy atom.